The molecule has 0 atom stereocenters. The Balaban J connectivity index is 1.75. The van der Waals surface area contributed by atoms with E-state index in [1.54, 1.807) is 11.3 Å². The summed E-state index contributed by atoms with van der Waals surface area (Å²) in [4.78, 5) is 17.5. The van der Waals surface area contributed by atoms with Crippen molar-refractivity contribution in [1.82, 2.24) is 4.90 Å². The average molecular weight is 308 g/mol. The second kappa shape index (κ2) is 5.82. The Morgan fingerprint density at radius 3 is 2.80 bits per heavy atom. The molecule has 1 heterocycles. The number of carbonyl (C=O) groups excluding carboxylic acids is 1. The lowest BCUT2D eigenvalue weighted by molar-refractivity contribution is 0.0753. The number of nitrogens with two attached hydrogens (primary N) is 1. The topological polar surface area (TPSA) is 46.3 Å². The number of hydrogen-bond donors (Lipinski definition) is 1. The molecule has 0 unspecified atom stereocenters. The van der Waals surface area contributed by atoms with Crippen LogP contribution >= 0.6 is 23.6 Å². The van der Waals surface area contributed by atoms with Gasteiger partial charge < -0.3 is 10.6 Å². The zero-order valence-electron chi connectivity index (χ0n) is 11.6. The molecule has 1 amide bonds. The molecular formula is C15H20N2OS2. The van der Waals surface area contributed by atoms with Gasteiger partial charge in [-0.3, -0.25) is 4.79 Å². The number of amides is 1. The lowest BCUT2D eigenvalue weighted by Gasteiger charge is -2.21. The van der Waals surface area contributed by atoms with Crippen molar-refractivity contribution < 1.29 is 4.79 Å². The van der Waals surface area contributed by atoms with Crippen molar-refractivity contribution in [3.63, 3.8) is 0 Å². The number of nitrogens with zero attached hydrogens (tertiary/aromatic N) is 1. The van der Waals surface area contributed by atoms with Gasteiger partial charge in [-0.05, 0) is 50.2 Å². The minimum absolute atomic E-state index is 0.183. The Morgan fingerprint density at radius 1 is 1.40 bits per heavy atom. The highest BCUT2D eigenvalue weighted by Gasteiger charge is 2.33. The molecule has 0 aliphatic heterocycles. The zero-order chi connectivity index (χ0) is 14.1. The number of thiocarbonyl (C=S) groups is 1. The summed E-state index contributed by atoms with van der Waals surface area (Å²) in [5.41, 5.74) is 6.97. The lowest BCUT2D eigenvalue weighted by Crippen LogP contribution is -2.35. The fourth-order valence-electron chi connectivity index (χ4n) is 2.80. The molecule has 1 fully saturated rings. The van der Waals surface area contributed by atoms with Crippen molar-refractivity contribution in [1.29, 1.82) is 0 Å². The van der Waals surface area contributed by atoms with Gasteiger partial charge in [-0.25, -0.2) is 0 Å². The Labute approximate surface area is 129 Å². The van der Waals surface area contributed by atoms with Crippen molar-refractivity contribution in [2.24, 2.45) is 5.73 Å². The van der Waals surface area contributed by atoms with E-state index in [0.717, 1.165) is 30.6 Å². The Kier molecular flexibility index (Phi) is 4.08. The van der Waals surface area contributed by atoms with Crippen LogP contribution in [0, 0.1) is 0 Å². The van der Waals surface area contributed by atoms with Crippen LogP contribution in [-0.4, -0.2) is 28.4 Å². The standard InChI is InChI=1S/C15H20N2OS2/c16-14(19)7-8-17(11-5-6-11)15(18)13-9-10-3-1-2-4-12(10)20-13/h9,11H,1-8H2,(H2,16,19). The number of thiophene rings is 1. The first-order valence-corrected chi connectivity index (χ1v) is 8.58. The van der Waals surface area contributed by atoms with Crippen LogP contribution in [0.4, 0.5) is 0 Å². The number of fused-ring (bicyclic) bond motifs is 1. The summed E-state index contributed by atoms with van der Waals surface area (Å²) in [6.45, 7) is 0.668. The maximum atomic E-state index is 12.7. The predicted molar refractivity (Wildman–Crippen MR) is 86.4 cm³/mol. The quantitative estimate of drug-likeness (QED) is 0.851. The first kappa shape index (κ1) is 14.0. The van der Waals surface area contributed by atoms with Crippen molar-refractivity contribution in [2.75, 3.05) is 6.54 Å². The molecule has 1 aromatic heterocycles. The molecule has 2 aliphatic carbocycles. The van der Waals surface area contributed by atoms with E-state index >= 15 is 0 Å². The average Bonchev–Trinajstić information content (AvgIpc) is 3.16. The smallest absolute Gasteiger partial charge is 0.264 e. The van der Waals surface area contributed by atoms with E-state index in [1.165, 1.54) is 23.3 Å². The van der Waals surface area contributed by atoms with Crippen molar-refractivity contribution >= 4 is 34.5 Å². The summed E-state index contributed by atoms with van der Waals surface area (Å²) in [7, 11) is 0. The Bertz CT molecular complexity index is 510. The van der Waals surface area contributed by atoms with E-state index < -0.39 is 0 Å². The molecule has 2 N–H and O–H groups in total. The lowest BCUT2D eigenvalue weighted by atomic mass is 9.99. The maximum absolute atomic E-state index is 12.7. The van der Waals surface area contributed by atoms with Gasteiger partial charge in [0, 0.05) is 23.9 Å². The number of carbonyl (C=O) groups is 1. The van der Waals surface area contributed by atoms with Crippen molar-refractivity contribution in [2.45, 2.75) is 51.0 Å². The molecule has 5 heteroatoms. The molecule has 0 radical (unpaired) electrons. The fraction of sp³-hybridized carbons (Fsp3) is 0.600. The molecule has 3 nitrogen and oxygen atoms in total. The summed E-state index contributed by atoms with van der Waals surface area (Å²) in [5, 5.41) is 0. The summed E-state index contributed by atoms with van der Waals surface area (Å²) in [6, 6.07) is 2.54. The van der Waals surface area contributed by atoms with E-state index in [4.69, 9.17) is 18.0 Å². The first-order valence-electron chi connectivity index (χ1n) is 7.36. The normalized spacial score (nSPS) is 17.6. The van der Waals surface area contributed by atoms with Gasteiger partial charge in [-0.2, -0.15) is 0 Å². The van der Waals surface area contributed by atoms with Crippen LogP contribution in [0.15, 0.2) is 6.07 Å². The fourth-order valence-corrected chi connectivity index (χ4v) is 4.11. The largest absolute Gasteiger partial charge is 0.393 e. The van der Waals surface area contributed by atoms with Gasteiger partial charge in [0.05, 0.1) is 9.87 Å². The molecule has 1 saturated carbocycles. The van der Waals surface area contributed by atoms with Crippen molar-refractivity contribution in [3.05, 3.63) is 21.4 Å². The third-order valence-electron chi connectivity index (χ3n) is 4.05. The highest BCUT2D eigenvalue weighted by atomic mass is 32.1. The van der Waals surface area contributed by atoms with Gasteiger partial charge in [0.2, 0.25) is 0 Å². The molecule has 2 aliphatic rings. The van der Waals surface area contributed by atoms with Crippen molar-refractivity contribution in [3.8, 4) is 0 Å². The van der Waals surface area contributed by atoms with Gasteiger partial charge in [0.15, 0.2) is 0 Å². The second-order valence-electron chi connectivity index (χ2n) is 5.71. The van der Waals surface area contributed by atoms with Crippen LogP contribution in [0.25, 0.3) is 0 Å². The molecule has 20 heavy (non-hydrogen) atoms. The number of aryl methyl sites for hydroxylation is 2. The highest BCUT2D eigenvalue weighted by molar-refractivity contribution is 7.80. The molecule has 0 spiro atoms. The third-order valence-corrected chi connectivity index (χ3v) is 5.48. The van der Waals surface area contributed by atoms with E-state index in [-0.39, 0.29) is 5.91 Å². The Morgan fingerprint density at radius 2 is 2.15 bits per heavy atom. The summed E-state index contributed by atoms with van der Waals surface area (Å²) in [6.07, 6.45) is 7.66. The van der Waals surface area contributed by atoms with Gasteiger partial charge >= 0.3 is 0 Å². The molecule has 0 bridgehead atoms. The molecule has 108 valence electrons. The van der Waals surface area contributed by atoms with Crippen LogP contribution in [0.1, 0.15) is 52.2 Å². The predicted octanol–water partition coefficient (Wildman–Crippen LogP) is 2.91. The van der Waals surface area contributed by atoms with E-state index in [2.05, 4.69) is 6.07 Å². The van der Waals surface area contributed by atoms with Crippen LogP contribution in [0.3, 0.4) is 0 Å². The van der Waals surface area contributed by atoms with E-state index in [9.17, 15) is 4.79 Å². The maximum Gasteiger partial charge on any atom is 0.264 e. The monoisotopic (exact) mass is 308 g/mol. The first-order chi connectivity index (χ1) is 9.65. The van der Waals surface area contributed by atoms with Gasteiger partial charge in [-0.15, -0.1) is 11.3 Å². The molecule has 0 aromatic carbocycles. The second-order valence-corrected chi connectivity index (χ2v) is 7.37. The minimum Gasteiger partial charge on any atom is -0.393 e. The molecule has 3 rings (SSSR count). The summed E-state index contributed by atoms with van der Waals surface area (Å²) >= 11 is 6.63. The SMILES string of the molecule is NC(=S)CCN(C(=O)c1cc2c(s1)CCCC2)C1CC1. The van der Waals surface area contributed by atoms with Gasteiger partial charge in [0.1, 0.15) is 0 Å². The number of hydrogen-bond acceptors (Lipinski definition) is 3. The van der Waals surface area contributed by atoms with Crippen LogP contribution < -0.4 is 5.73 Å². The molecular weight excluding hydrogens is 288 g/mol. The van der Waals surface area contributed by atoms with E-state index in [0.29, 0.717) is 24.0 Å². The zero-order valence-corrected chi connectivity index (χ0v) is 13.2. The molecule has 1 aromatic rings. The number of rotatable bonds is 5. The van der Waals surface area contributed by atoms with Gasteiger partial charge in [-0.1, -0.05) is 12.2 Å². The minimum atomic E-state index is 0.183. The van der Waals surface area contributed by atoms with Crippen LogP contribution in [0.2, 0.25) is 0 Å². The van der Waals surface area contributed by atoms with Crippen LogP contribution in [-0.2, 0) is 12.8 Å². The summed E-state index contributed by atoms with van der Waals surface area (Å²) in [5.74, 6) is 0.183. The summed E-state index contributed by atoms with van der Waals surface area (Å²) < 4.78 is 0. The van der Waals surface area contributed by atoms with E-state index in [1.807, 2.05) is 4.90 Å². The van der Waals surface area contributed by atoms with Crippen LogP contribution in [0.5, 0.6) is 0 Å². The highest BCUT2D eigenvalue weighted by Crippen LogP contribution is 2.33. The molecule has 0 saturated heterocycles. The van der Waals surface area contributed by atoms with Gasteiger partial charge in [0.25, 0.3) is 5.91 Å². The Hall–Kier alpha value is -0.940. The third kappa shape index (κ3) is 3.04.